The third-order valence-electron chi connectivity index (χ3n) is 2.67. The number of halogens is 3. The minimum atomic E-state index is -0.143. The fourth-order valence-corrected chi connectivity index (χ4v) is 2.30. The average Bonchev–Trinajstić information content (AvgIpc) is 2.35. The standard InChI is InChI=1S/C13H11BrCl2N2/c14-10-2-1-9(5-11(10)15)13(17)6-8-3-4-18-7-12(8)16/h1-5,7,13H,6,17H2. The van der Waals surface area contributed by atoms with E-state index in [1.807, 2.05) is 24.3 Å². The van der Waals surface area contributed by atoms with Gasteiger partial charge in [-0.1, -0.05) is 29.3 Å². The number of hydrogen-bond acceptors (Lipinski definition) is 2. The normalized spacial score (nSPS) is 12.4. The Balaban J connectivity index is 2.19. The van der Waals surface area contributed by atoms with Crippen LogP contribution in [0.5, 0.6) is 0 Å². The predicted octanol–water partition coefficient (Wildman–Crippen LogP) is 4.39. The number of benzene rings is 1. The predicted molar refractivity (Wildman–Crippen MR) is 79.0 cm³/mol. The number of hydrogen-bond donors (Lipinski definition) is 1. The van der Waals surface area contributed by atoms with Crippen LogP contribution in [0.2, 0.25) is 10.0 Å². The fourth-order valence-electron chi connectivity index (χ4n) is 1.67. The summed E-state index contributed by atoms with van der Waals surface area (Å²) >= 11 is 15.5. The average molecular weight is 346 g/mol. The zero-order valence-corrected chi connectivity index (χ0v) is 12.5. The zero-order chi connectivity index (χ0) is 13.1. The molecule has 2 nitrogen and oxygen atoms in total. The summed E-state index contributed by atoms with van der Waals surface area (Å²) in [7, 11) is 0. The lowest BCUT2D eigenvalue weighted by Gasteiger charge is -2.13. The molecular formula is C13H11BrCl2N2. The first kappa shape index (κ1) is 13.8. The minimum Gasteiger partial charge on any atom is -0.324 e. The van der Waals surface area contributed by atoms with Crippen molar-refractivity contribution < 1.29 is 0 Å². The van der Waals surface area contributed by atoms with Crippen LogP contribution in [-0.4, -0.2) is 4.98 Å². The van der Waals surface area contributed by atoms with Crippen molar-refractivity contribution in [1.82, 2.24) is 4.98 Å². The Morgan fingerprint density at radius 2 is 2.00 bits per heavy atom. The third kappa shape index (κ3) is 3.23. The Morgan fingerprint density at radius 1 is 1.22 bits per heavy atom. The van der Waals surface area contributed by atoms with Crippen LogP contribution in [0.25, 0.3) is 0 Å². The monoisotopic (exact) mass is 344 g/mol. The van der Waals surface area contributed by atoms with E-state index >= 15 is 0 Å². The maximum atomic E-state index is 6.16. The van der Waals surface area contributed by atoms with Gasteiger partial charge < -0.3 is 5.73 Å². The molecule has 1 unspecified atom stereocenters. The summed E-state index contributed by atoms with van der Waals surface area (Å²) in [6.07, 6.45) is 3.99. The van der Waals surface area contributed by atoms with Crippen molar-refractivity contribution in [3.63, 3.8) is 0 Å². The molecule has 0 aliphatic rings. The van der Waals surface area contributed by atoms with Gasteiger partial charge in [-0.15, -0.1) is 0 Å². The van der Waals surface area contributed by atoms with Gasteiger partial charge in [0.25, 0.3) is 0 Å². The number of pyridine rings is 1. The second-order valence-electron chi connectivity index (χ2n) is 3.95. The molecule has 1 atom stereocenters. The van der Waals surface area contributed by atoms with E-state index in [1.54, 1.807) is 12.4 Å². The highest BCUT2D eigenvalue weighted by Gasteiger charge is 2.11. The first-order valence-electron chi connectivity index (χ1n) is 5.37. The summed E-state index contributed by atoms with van der Waals surface area (Å²) in [6, 6.07) is 7.45. The van der Waals surface area contributed by atoms with Gasteiger partial charge >= 0.3 is 0 Å². The maximum absolute atomic E-state index is 6.16. The van der Waals surface area contributed by atoms with Crippen LogP contribution in [0.15, 0.2) is 41.1 Å². The van der Waals surface area contributed by atoms with Crippen molar-refractivity contribution in [2.24, 2.45) is 5.73 Å². The molecule has 0 saturated carbocycles. The van der Waals surface area contributed by atoms with Gasteiger partial charge in [-0.05, 0) is 51.7 Å². The van der Waals surface area contributed by atoms with E-state index < -0.39 is 0 Å². The van der Waals surface area contributed by atoms with Crippen LogP contribution in [-0.2, 0) is 6.42 Å². The highest BCUT2D eigenvalue weighted by atomic mass is 79.9. The molecule has 0 aliphatic carbocycles. The molecule has 1 aromatic heterocycles. The molecule has 0 radical (unpaired) electrons. The van der Waals surface area contributed by atoms with Gasteiger partial charge in [-0.2, -0.15) is 0 Å². The smallest absolute Gasteiger partial charge is 0.0622 e. The second kappa shape index (κ2) is 6.02. The molecule has 94 valence electrons. The van der Waals surface area contributed by atoms with E-state index in [0.717, 1.165) is 15.6 Å². The highest BCUT2D eigenvalue weighted by molar-refractivity contribution is 9.10. The summed E-state index contributed by atoms with van der Waals surface area (Å²) in [4.78, 5) is 3.95. The lowest BCUT2D eigenvalue weighted by molar-refractivity contribution is 0.721. The lowest BCUT2D eigenvalue weighted by atomic mass is 10.0. The van der Waals surface area contributed by atoms with Crippen LogP contribution in [0.4, 0.5) is 0 Å². The quantitative estimate of drug-likeness (QED) is 0.895. The van der Waals surface area contributed by atoms with E-state index in [2.05, 4.69) is 20.9 Å². The van der Waals surface area contributed by atoms with Crippen LogP contribution in [0.1, 0.15) is 17.2 Å². The largest absolute Gasteiger partial charge is 0.324 e. The Bertz CT molecular complexity index is 560. The lowest BCUT2D eigenvalue weighted by Crippen LogP contribution is -2.13. The molecule has 0 spiro atoms. The van der Waals surface area contributed by atoms with Crippen LogP contribution >= 0.6 is 39.1 Å². The van der Waals surface area contributed by atoms with Gasteiger partial charge in [0.05, 0.1) is 10.0 Å². The number of rotatable bonds is 3. The first-order chi connectivity index (χ1) is 8.58. The Labute approximate surface area is 124 Å². The topological polar surface area (TPSA) is 38.9 Å². The molecular weight excluding hydrogens is 335 g/mol. The van der Waals surface area contributed by atoms with Crippen LogP contribution < -0.4 is 5.73 Å². The van der Waals surface area contributed by atoms with Gasteiger partial charge in [0.2, 0.25) is 0 Å². The van der Waals surface area contributed by atoms with Crippen molar-refractivity contribution in [3.05, 3.63) is 62.3 Å². The van der Waals surface area contributed by atoms with Gasteiger partial charge in [0.1, 0.15) is 0 Å². The summed E-state index contributed by atoms with van der Waals surface area (Å²) in [6.45, 7) is 0. The summed E-state index contributed by atoms with van der Waals surface area (Å²) in [5.74, 6) is 0. The van der Waals surface area contributed by atoms with Crippen molar-refractivity contribution in [3.8, 4) is 0 Å². The molecule has 18 heavy (non-hydrogen) atoms. The molecule has 2 N–H and O–H groups in total. The highest BCUT2D eigenvalue weighted by Crippen LogP contribution is 2.27. The van der Waals surface area contributed by atoms with Gasteiger partial charge in [0, 0.05) is 22.9 Å². The van der Waals surface area contributed by atoms with E-state index in [-0.39, 0.29) is 6.04 Å². The molecule has 0 amide bonds. The molecule has 0 fully saturated rings. The maximum Gasteiger partial charge on any atom is 0.0622 e. The third-order valence-corrected chi connectivity index (χ3v) is 4.24. The van der Waals surface area contributed by atoms with Crippen LogP contribution in [0.3, 0.4) is 0 Å². The molecule has 0 saturated heterocycles. The van der Waals surface area contributed by atoms with E-state index in [1.165, 1.54) is 0 Å². The van der Waals surface area contributed by atoms with E-state index in [4.69, 9.17) is 28.9 Å². The van der Waals surface area contributed by atoms with Crippen molar-refractivity contribution in [2.45, 2.75) is 12.5 Å². The summed E-state index contributed by atoms with van der Waals surface area (Å²) < 4.78 is 0.863. The van der Waals surface area contributed by atoms with Crippen molar-refractivity contribution in [1.29, 1.82) is 0 Å². The number of nitrogens with zero attached hydrogens (tertiary/aromatic N) is 1. The molecule has 0 bridgehead atoms. The first-order valence-corrected chi connectivity index (χ1v) is 6.91. The fraction of sp³-hybridized carbons (Fsp3) is 0.154. The minimum absolute atomic E-state index is 0.143. The Hall–Kier alpha value is -0.610. The van der Waals surface area contributed by atoms with Crippen molar-refractivity contribution >= 4 is 39.1 Å². The van der Waals surface area contributed by atoms with E-state index in [9.17, 15) is 0 Å². The second-order valence-corrected chi connectivity index (χ2v) is 5.62. The van der Waals surface area contributed by atoms with Crippen LogP contribution in [0, 0.1) is 0 Å². The molecule has 1 aromatic carbocycles. The van der Waals surface area contributed by atoms with Gasteiger partial charge in [0.15, 0.2) is 0 Å². The van der Waals surface area contributed by atoms with Gasteiger partial charge in [-0.25, -0.2) is 0 Å². The van der Waals surface area contributed by atoms with Crippen molar-refractivity contribution in [2.75, 3.05) is 0 Å². The number of nitrogens with two attached hydrogens (primary N) is 1. The number of aromatic nitrogens is 1. The molecule has 1 heterocycles. The molecule has 5 heteroatoms. The van der Waals surface area contributed by atoms with E-state index in [0.29, 0.717) is 16.5 Å². The Morgan fingerprint density at radius 3 is 2.67 bits per heavy atom. The molecule has 2 aromatic rings. The summed E-state index contributed by atoms with van der Waals surface area (Å²) in [5.41, 5.74) is 8.13. The zero-order valence-electron chi connectivity index (χ0n) is 9.41. The molecule has 2 rings (SSSR count). The summed E-state index contributed by atoms with van der Waals surface area (Å²) in [5, 5.41) is 1.29. The molecule has 0 aliphatic heterocycles. The van der Waals surface area contributed by atoms with Gasteiger partial charge in [-0.3, -0.25) is 4.98 Å². The SMILES string of the molecule is NC(Cc1ccncc1Cl)c1ccc(Br)c(Cl)c1. The Kier molecular flexibility index (Phi) is 4.62.